The van der Waals surface area contributed by atoms with Crippen molar-refractivity contribution in [3.8, 4) is 0 Å². The average molecular weight is 234 g/mol. The van der Waals surface area contributed by atoms with E-state index in [2.05, 4.69) is 23.6 Å². The molecule has 2 aliphatic heterocycles. The van der Waals surface area contributed by atoms with Gasteiger partial charge in [-0.2, -0.15) is 0 Å². The molecule has 2 fully saturated rings. The highest BCUT2D eigenvalue weighted by molar-refractivity contribution is 4.63. The molecule has 0 aliphatic carbocycles. The first-order chi connectivity index (χ1) is 6.86. The zero-order chi connectivity index (χ0) is 10.2. The minimum absolute atomic E-state index is 0. The van der Waals surface area contributed by atoms with E-state index in [-0.39, 0.29) is 11.0 Å². The maximum atomic E-state index is 2.49. The van der Waals surface area contributed by atoms with Gasteiger partial charge in [0.25, 0.3) is 0 Å². The third kappa shape index (κ3) is 7.17. The van der Waals surface area contributed by atoms with Gasteiger partial charge < -0.3 is 20.8 Å². The van der Waals surface area contributed by atoms with E-state index in [0.29, 0.717) is 0 Å². The molecule has 0 unspecified atom stereocenters. The Bertz CT molecular complexity index is 117. The van der Waals surface area contributed by atoms with Gasteiger partial charge in [-0.25, -0.2) is 0 Å². The maximum absolute atomic E-state index is 2.49. The molecule has 4 N–H and O–H groups in total. The summed E-state index contributed by atoms with van der Waals surface area (Å²) in [5.41, 5.74) is 0. The minimum Gasteiger partial charge on any atom is -0.412 e. The van der Waals surface area contributed by atoms with Crippen molar-refractivity contribution >= 4 is 0 Å². The van der Waals surface area contributed by atoms with E-state index in [1.165, 1.54) is 65.0 Å². The van der Waals surface area contributed by atoms with Gasteiger partial charge in [-0.1, -0.05) is 13.8 Å². The Morgan fingerprint density at radius 3 is 1.00 bits per heavy atom. The molecule has 0 atom stereocenters. The zero-order valence-electron chi connectivity index (χ0n) is 11.0. The molecule has 2 heterocycles. The molecule has 0 radical (unpaired) electrons. The fourth-order valence-corrected chi connectivity index (χ4v) is 2.20. The van der Waals surface area contributed by atoms with Crippen LogP contribution >= 0.6 is 0 Å². The molecule has 4 nitrogen and oxygen atoms in total. The molecular weight excluding hydrogens is 204 g/mol. The molecule has 0 amide bonds. The summed E-state index contributed by atoms with van der Waals surface area (Å²) in [4.78, 5) is 4.97. The Kier molecular flexibility index (Phi) is 12.9. The molecule has 2 rings (SSSR count). The second-order valence-corrected chi connectivity index (χ2v) is 4.28. The van der Waals surface area contributed by atoms with Crippen LogP contribution in [0, 0.1) is 0 Å². The van der Waals surface area contributed by atoms with Crippen molar-refractivity contribution < 1.29 is 11.0 Å². The van der Waals surface area contributed by atoms with Crippen LogP contribution in [0.3, 0.4) is 0 Å². The van der Waals surface area contributed by atoms with Gasteiger partial charge in [-0.3, -0.25) is 0 Å². The maximum Gasteiger partial charge on any atom is -0.00184 e. The van der Waals surface area contributed by atoms with Crippen molar-refractivity contribution in [2.45, 2.75) is 39.5 Å². The number of nitrogens with zero attached hydrogens (tertiary/aromatic N) is 2. The third-order valence-electron chi connectivity index (χ3n) is 3.29. The first-order valence-corrected chi connectivity index (χ1v) is 6.31. The second-order valence-electron chi connectivity index (χ2n) is 4.28. The van der Waals surface area contributed by atoms with E-state index in [1.54, 1.807) is 0 Å². The second kappa shape index (κ2) is 11.3. The van der Waals surface area contributed by atoms with Crippen molar-refractivity contribution in [3.63, 3.8) is 0 Å². The molecule has 0 aromatic heterocycles. The number of hydrogen-bond acceptors (Lipinski definition) is 2. The zero-order valence-corrected chi connectivity index (χ0v) is 11.0. The molecule has 16 heavy (non-hydrogen) atoms. The summed E-state index contributed by atoms with van der Waals surface area (Å²) in [6.07, 6.45) is 5.70. The summed E-state index contributed by atoms with van der Waals surface area (Å²) >= 11 is 0. The Balaban J connectivity index is 0. The molecule has 2 aliphatic rings. The highest BCUT2D eigenvalue weighted by Crippen LogP contribution is 2.05. The summed E-state index contributed by atoms with van der Waals surface area (Å²) in [6.45, 7) is 12.3. The normalized spacial score (nSPS) is 20.6. The van der Waals surface area contributed by atoms with Crippen LogP contribution in [0.5, 0.6) is 0 Å². The lowest BCUT2D eigenvalue weighted by atomic mass is 10.4. The van der Waals surface area contributed by atoms with Gasteiger partial charge in [0, 0.05) is 0 Å². The van der Waals surface area contributed by atoms with E-state index >= 15 is 0 Å². The van der Waals surface area contributed by atoms with Crippen LogP contribution in [0.2, 0.25) is 0 Å². The monoisotopic (exact) mass is 234 g/mol. The molecule has 0 bridgehead atoms. The molecule has 0 saturated carbocycles. The third-order valence-corrected chi connectivity index (χ3v) is 3.29. The standard InChI is InChI=1S/2C6H13N.2H2O/c2*1-2-7-5-3-4-6-7;;/h2*2-6H2,1H3;2*1H2. The van der Waals surface area contributed by atoms with Gasteiger partial charge in [0.05, 0.1) is 0 Å². The van der Waals surface area contributed by atoms with Crippen LogP contribution in [0.25, 0.3) is 0 Å². The highest BCUT2D eigenvalue weighted by atomic mass is 16.0. The van der Waals surface area contributed by atoms with Crippen molar-refractivity contribution in [2.75, 3.05) is 39.3 Å². The van der Waals surface area contributed by atoms with Crippen LogP contribution in [0.1, 0.15) is 39.5 Å². The number of hydrogen-bond donors (Lipinski definition) is 0. The lowest BCUT2D eigenvalue weighted by molar-refractivity contribution is 0.359. The van der Waals surface area contributed by atoms with E-state index in [9.17, 15) is 0 Å². The van der Waals surface area contributed by atoms with Crippen molar-refractivity contribution in [3.05, 3.63) is 0 Å². The van der Waals surface area contributed by atoms with Crippen molar-refractivity contribution in [2.24, 2.45) is 0 Å². The molecule has 0 aromatic carbocycles. The minimum atomic E-state index is 0. The summed E-state index contributed by atoms with van der Waals surface area (Å²) in [7, 11) is 0. The lowest BCUT2D eigenvalue weighted by Crippen LogP contribution is -2.17. The summed E-state index contributed by atoms with van der Waals surface area (Å²) in [5, 5.41) is 0. The average Bonchev–Trinajstić information content (AvgIpc) is 2.92. The Labute approximate surface area is 100 Å². The van der Waals surface area contributed by atoms with Crippen LogP contribution in [-0.2, 0) is 0 Å². The van der Waals surface area contributed by atoms with Gasteiger partial charge in [0.2, 0.25) is 0 Å². The first kappa shape index (κ1) is 18.2. The van der Waals surface area contributed by atoms with Gasteiger partial charge in [0.15, 0.2) is 0 Å². The molecule has 100 valence electrons. The van der Waals surface area contributed by atoms with Gasteiger partial charge >= 0.3 is 0 Å². The molecule has 4 heteroatoms. The lowest BCUT2D eigenvalue weighted by Gasteiger charge is -2.08. The summed E-state index contributed by atoms with van der Waals surface area (Å²) in [5.74, 6) is 0. The number of likely N-dealkylation sites (tertiary alicyclic amines) is 2. The Hall–Kier alpha value is -0.160. The molecule has 0 spiro atoms. The number of rotatable bonds is 2. The van der Waals surface area contributed by atoms with Gasteiger partial charge in [-0.05, 0) is 65.0 Å². The SMILES string of the molecule is CCN1CCCC1.CCN1CCCC1.O.O. The predicted molar refractivity (Wildman–Crippen MR) is 69.9 cm³/mol. The van der Waals surface area contributed by atoms with Crippen LogP contribution < -0.4 is 0 Å². The van der Waals surface area contributed by atoms with Crippen LogP contribution in [-0.4, -0.2) is 60.0 Å². The predicted octanol–water partition coefficient (Wildman–Crippen LogP) is 0.555. The van der Waals surface area contributed by atoms with E-state index in [1.807, 2.05) is 0 Å². The van der Waals surface area contributed by atoms with Crippen LogP contribution in [0.15, 0.2) is 0 Å². The van der Waals surface area contributed by atoms with Crippen LogP contribution in [0.4, 0.5) is 0 Å². The quantitative estimate of drug-likeness (QED) is 0.700. The smallest absolute Gasteiger partial charge is 0.00184 e. The molecular formula is C12H30N2O2. The van der Waals surface area contributed by atoms with Gasteiger partial charge in [0.1, 0.15) is 0 Å². The Morgan fingerprint density at radius 1 is 0.625 bits per heavy atom. The van der Waals surface area contributed by atoms with E-state index < -0.39 is 0 Å². The molecule has 0 aromatic rings. The largest absolute Gasteiger partial charge is 0.412 e. The fourth-order valence-electron chi connectivity index (χ4n) is 2.20. The topological polar surface area (TPSA) is 69.5 Å². The van der Waals surface area contributed by atoms with E-state index in [0.717, 1.165) is 0 Å². The summed E-state index contributed by atoms with van der Waals surface area (Å²) in [6, 6.07) is 0. The Morgan fingerprint density at radius 2 is 0.875 bits per heavy atom. The molecule has 2 saturated heterocycles. The fraction of sp³-hybridized carbons (Fsp3) is 1.00. The highest BCUT2D eigenvalue weighted by Gasteiger charge is 2.07. The van der Waals surface area contributed by atoms with Crippen molar-refractivity contribution in [1.29, 1.82) is 0 Å². The summed E-state index contributed by atoms with van der Waals surface area (Å²) < 4.78 is 0. The van der Waals surface area contributed by atoms with Gasteiger partial charge in [-0.15, -0.1) is 0 Å². The van der Waals surface area contributed by atoms with Crippen molar-refractivity contribution in [1.82, 2.24) is 9.80 Å². The first-order valence-electron chi connectivity index (χ1n) is 6.31. The van der Waals surface area contributed by atoms with E-state index in [4.69, 9.17) is 0 Å².